The zero-order valence-electron chi connectivity index (χ0n) is 12.9. The van der Waals surface area contributed by atoms with Crippen LogP contribution in [0.5, 0.6) is 0 Å². The molecule has 1 aromatic rings. The molecule has 1 amide bonds. The highest BCUT2D eigenvalue weighted by Gasteiger charge is 2.43. The van der Waals surface area contributed by atoms with Crippen molar-refractivity contribution in [3.05, 3.63) is 34.4 Å². The molecule has 0 spiro atoms. The molecule has 0 aliphatic carbocycles. The zero-order chi connectivity index (χ0) is 18.1. The number of rotatable bonds is 4. The highest BCUT2D eigenvalue weighted by molar-refractivity contribution is 7.89. The molecule has 0 bridgehead atoms. The third kappa shape index (κ3) is 3.21. The molecule has 1 aliphatic rings. The minimum atomic E-state index is -4.20. The number of esters is 1. The lowest BCUT2D eigenvalue weighted by molar-refractivity contribution is -0.384. The number of hydrogen-bond donors (Lipinski definition) is 0. The van der Waals surface area contributed by atoms with Crippen molar-refractivity contribution < 1.29 is 27.7 Å². The summed E-state index contributed by atoms with van der Waals surface area (Å²) < 4.78 is 30.8. The maximum Gasteiger partial charge on any atom is 0.326 e. The SMILES string of the molecule is COC(=O)C1CN(C)C(=O)CN1S(=O)(=O)c1ccc([N+](=O)[O-])cc1. The van der Waals surface area contributed by atoms with Gasteiger partial charge in [-0.15, -0.1) is 0 Å². The van der Waals surface area contributed by atoms with Crippen molar-refractivity contribution in [1.29, 1.82) is 0 Å². The van der Waals surface area contributed by atoms with Crippen molar-refractivity contribution >= 4 is 27.6 Å². The van der Waals surface area contributed by atoms with Gasteiger partial charge in [-0.2, -0.15) is 4.31 Å². The summed E-state index contributed by atoms with van der Waals surface area (Å²) in [5.74, 6) is -1.26. The van der Waals surface area contributed by atoms with Crippen LogP contribution in [0.1, 0.15) is 0 Å². The predicted molar refractivity (Wildman–Crippen MR) is 80.4 cm³/mol. The third-order valence-corrected chi connectivity index (χ3v) is 5.51. The minimum Gasteiger partial charge on any atom is -0.468 e. The normalized spacial score (nSPS) is 19.2. The van der Waals surface area contributed by atoms with E-state index in [-0.39, 0.29) is 17.1 Å². The number of hydrogen-bond acceptors (Lipinski definition) is 7. The molecule has 0 radical (unpaired) electrons. The Morgan fingerprint density at radius 2 is 1.92 bits per heavy atom. The Morgan fingerprint density at radius 1 is 1.33 bits per heavy atom. The van der Waals surface area contributed by atoms with Crippen LogP contribution in [0.3, 0.4) is 0 Å². The summed E-state index contributed by atoms with van der Waals surface area (Å²) >= 11 is 0. The predicted octanol–water partition coefficient (Wildman–Crippen LogP) is -0.401. The van der Waals surface area contributed by atoms with Gasteiger partial charge in [0.25, 0.3) is 5.69 Å². The highest BCUT2D eigenvalue weighted by atomic mass is 32.2. The van der Waals surface area contributed by atoms with Crippen LogP contribution < -0.4 is 0 Å². The van der Waals surface area contributed by atoms with Crippen LogP contribution in [0.25, 0.3) is 0 Å². The number of benzene rings is 1. The van der Waals surface area contributed by atoms with Crippen LogP contribution in [-0.2, 0) is 24.3 Å². The van der Waals surface area contributed by atoms with Gasteiger partial charge < -0.3 is 9.64 Å². The van der Waals surface area contributed by atoms with Crippen molar-refractivity contribution in [3.63, 3.8) is 0 Å². The molecule has 0 N–H and O–H groups in total. The monoisotopic (exact) mass is 357 g/mol. The number of carbonyl (C=O) groups excluding carboxylic acids is 2. The minimum absolute atomic E-state index is 0.141. The topological polar surface area (TPSA) is 127 Å². The smallest absolute Gasteiger partial charge is 0.326 e. The van der Waals surface area contributed by atoms with Crippen molar-refractivity contribution in [2.75, 3.05) is 27.2 Å². The van der Waals surface area contributed by atoms with Gasteiger partial charge in [0.2, 0.25) is 15.9 Å². The average Bonchev–Trinajstić information content (AvgIpc) is 2.56. The molecular weight excluding hydrogens is 342 g/mol. The van der Waals surface area contributed by atoms with Gasteiger partial charge in [-0.25, -0.2) is 8.42 Å². The first kappa shape index (κ1) is 17.8. The first-order valence-corrected chi connectivity index (χ1v) is 8.20. The number of likely N-dealkylation sites (N-methyl/N-ethyl adjacent to an activating group) is 1. The van der Waals surface area contributed by atoms with Gasteiger partial charge in [-0.1, -0.05) is 0 Å². The molecular formula is C13H15N3O7S. The Hall–Kier alpha value is -2.53. The maximum atomic E-state index is 12.7. The number of nitrogens with zero attached hydrogens (tertiary/aromatic N) is 3. The average molecular weight is 357 g/mol. The Bertz CT molecular complexity index is 775. The molecule has 1 saturated heterocycles. The first-order valence-electron chi connectivity index (χ1n) is 6.76. The Morgan fingerprint density at radius 3 is 2.42 bits per heavy atom. The maximum absolute atomic E-state index is 12.7. The van der Waals surface area contributed by atoms with E-state index in [1.165, 1.54) is 11.9 Å². The molecule has 0 aromatic heterocycles. The second-order valence-electron chi connectivity index (χ2n) is 5.11. The standard InChI is InChI=1S/C13H15N3O7S/c1-14-7-11(13(18)23-2)15(8-12(14)17)24(21,22)10-5-3-9(4-6-10)16(19)20/h3-6,11H,7-8H2,1-2H3. The number of ether oxygens (including phenoxy) is 1. The quantitative estimate of drug-likeness (QED) is 0.407. The van der Waals surface area contributed by atoms with Crippen LogP contribution in [0.15, 0.2) is 29.2 Å². The number of sulfonamides is 1. The lowest BCUT2D eigenvalue weighted by Crippen LogP contribution is -2.59. The van der Waals surface area contributed by atoms with Gasteiger partial charge in [0, 0.05) is 25.7 Å². The molecule has 130 valence electrons. The van der Waals surface area contributed by atoms with Crippen LogP contribution in [0.2, 0.25) is 0 Å². The molecule has 1 heterocycles. The highest BCUT2D eigenvalue weighted by Crippen LogP contribution is 2.24. The summed E-state index contributed by atoms with van der Waals surface area (Å²) in [4.78, 5) is 34.7. The molecule has 10 nitrogen and oxygen atoms in total. The molecule has 1 aliphatic heterocycles. The number of amides is 1. The third-order valence-electron chi connectivity index (χ3n) is 3.64. The summed E-state index contributed by atoms with van der Waals surface area (Å²) in [6, 6.07) is 3.02. The number of piperazine rings is 1. The van der Waals surface area contributed by atoms with E-state index in [9.17, 15) is 28.1 Å². The molecule has 1 fully saturated rings. The molecule has 11 heteroatoms. The zero-order valence-corrected chi connectivity index (χ0v) is 13.7. The molecule has 0 saturated carbocycles. The summed E-state index contributed by atoms with van der Waals surface area (Å²) in [6.45, 7) is -0.659. The fourth-order valence-electron chi connectivity index (χ4n) is 2.27. The summed E-state index contributed by atoms with van der Waals surface area (Å²) in [7, 11) is -1.63. The number of non-ortho nitro benzene ring substituents is 1. The van der Waals surface area contributed by atoms with Gasteiger partial charge >= 0.3 is 5.97 Å². The second-order valence-corrected chi connectivity index (χ2v) is 7.01. The molecule has 1 atom stereocenters. The Labute approximate surface area is 137 Å². The van der Waals surface area contributed by atoms with E-state index in [4.69, 9.17) is 0 Å². The van der Waals surface area contributed by atoms with E-state index in [0.29, 0.717) is 0 Å². The van der Waals surface area contributed by atoms with Crippen LogP contribution in [0.4, 0.5) is 5.69 Å². The molecule has 1 aromatic carbocycles. The van der Waals surface area contributed by atoms with Gasteiger partial charge in [-0.3, -0.25) is 19.7 Å². The van der Waals surface area contributed by atoms with Crippen LogP contribution >= 0.6 is 0 Å². The first-order chi connectivity index (χ1) is 11.2. The lowest BCUT2D eigenvalue weighted by Gasteiger charge is -2.36. The van der Waals surface area contributed by atoms with E-state index in [1.54, 1.807) is 0 Å². The number of methoxy groups -OCH3 is 1. The van der Waals surface area contributed by atoms with Gasteiger partial charge in [0.15, 0.2) is 0 Å². The molecule has 24 heavy (non-hydrogen) atoms. The van der Waals surface area contributed by atoms with Crippen molar-refractivity contribution in [2.24, 2.45) is 0 Å². The lowest BCUT2D eigenvalue weighted by atomic mass is 10.2. The summed E-state index contributed by atoms with van der Waals surface area (Å²) in [5.41, 5.74) is -0.270. The fraction of sp³-hybridized carbons (Fsp3) is 0.385. The van der Waals surface area contributed by atoms with Gasteiger partial charge in [-0.05, 0) is 12.1 Å². The van der Waals surface area contributed by atoms with Crippen molar-refractivity contribution in [2.45, 2.75) is 10.9 Å². The van der Waals surface area contributed by atoms with E-state index in [2.05, 4.69) is 4.74 Å². The Balaban J connectivity index is 2.42. The van der Waals surface area contributed by atoms with Gasteiger partial charge in [0.1, 0.15) is 6.04 Å². The van der Waals surface area contributed by atoms with Gasteiger partial charge in [0.05, 0.1) is 23.5 Å². The van der Waals surface area contributed by atoms with Crippen LogP contribution in [-0.4, -0.2) is 67.7 Å². The number of nitro benzene ring substituents is 1. The second kappa shape index (κ2) is 6.53. The van der Waals surface area contributed by atoms with E-state index >= 15 is 0 Å². The van der Waals surface area contributed by atoms with E-state index in [1.807, 2.05) is 0 Å². The van der Waals surface area contributed by atoms with E-state index in [0.717, 1.165) is 35.7 Å². The van der Waals surface area contributed by atoms with E-state index < -0.39 is 39.4 Å². The molecule has 2 rings (SSSR count). The fourth-order valence-corrected chi connectivity index (χ4v) is 3.79. The van der Waals surface area contributed by atoms with Crippen LogP contribution in [0, 0.1) is 10.1 Å². The summed E-state index contributed by atoms with van der Waals surface area (Å²) in [5, 5.41) is 10.7. The molecule has 1 unspecified atom stereocenters. The number of carbonyl (C=O) groups is 2. The number of nitro groups is 1. The van der Waals surface area contributed by atoms with Crippen molar-refractivity contribution in [1.82, 2.24) is 9.21 Å². The summed E-state index contributed by atoms with van der Waals surface area (Å²) in [6.07, 6.45) is 0. The largest absolute Gasteiger partial charge is 0.468 e. The Kier molecular flexibility index (Phi) is 4.85. The van der Waals surface area contributed by atoms with Crippen molar-refractivity contribution in [3.8, 4) is 0 Å².